The van der Waals surface area contributed by atoms with E-state index in [4.69, 9.17) is 4.74 Å². The molecule has 0 saturated carbocycles. The second kappa shape index (κ2) is 6.59. The Kier molecular flexibility index (Phi) is 4.26. The number of benzene rings is 1. The Morgan fingerprint density at radius 1 is 1.19 bits per heavy atom. The molecular formula is C19H19N3O3S. The summed E-state index contributed by atoms with van der Waals surface area (Å²) in [5.41, 5.74) is 3.08. The van der Waals surface area contributed by atoms with Gasteiger partial charge in [0.1, 0.15) is 11.4 Å². The van der Waals surface area contributed by atoms with Crippen LogP contribution in [-0.4, -0.2) is 42.9 Å². The molecule has 26 heavy (non-hydrogen) atoms. The van der Waals surface area contributed by atoms with E-state index in [1.54, 1.807) is 37.6 Å². The van der Waals surface area contributed by atoms with Gasteiger partial charge in [-0.3, -0.25) is 0 Å². The average Bonchev–Trinajstić information content (AvgIpc) is 3.12. The van der Waals surface area contributed by atoms with Crippen LogP contribution in [0.1, 0.15) is 12.0 Å². The molecule has 4 rings (SSSR count). The minimum Gasteiger partial charge on any atom is -0.497 e. The normalized spacial score (nSPS) is 15.8. The summed E-state index contributed by atoms with van der Waals surface area (Å²) in [6.45, 7) is 0.809. The second-order valence-corrected chi connectivity index (χ2v) is 8.06. The molecule has 6 nitrogen and oxygen atoms in total. The fraction of sp³-hybridized carbons (Fsp3) is 0.211. The first-order chi connectivity index (χ1) is 12.6. The summed E-state index contributed by atoms with van der Waals surface area (Å²) in [6.07, 6.45) is 6.34. The second-order valence-electron chi connectivity index (χ2n) is 6.12. The first kappa shape index (κ1) is 16.8. The molecule has 0 radical (unpaired) electrons. The molecule has 0 aliphatic carbocycles. The van der Waals surface area contributed by atoms with Crippen molar-refractivity contribution in [3.05, 3.63) is 60.4 Å². The van der Waals surface area contributed by atoms with Crippen LogP contribution >= 0.6 is 0 Å². The highest BCUT2D eigenvalue weighted by molar-refractivity contribution is 7.89. The van der Waals surface area contributed by atoms with Gasteiger partial charge < -0.3 is 9.72 Å². The standard InChI is InChI=1S/C19H19N3O3S/c1-25-15-4-6-16(7-5-15)26(23,24)22-11-8-14(9-12-22)18-13-21-19-17(18)3-2-10-20-19/h2-8,10,13H,9,11-12H2,1H3,(H,20,21). The third-order valence-electron chi connectivity index (χ3n) is 4.67. The monoisotopic (exact) mass is 369 g/mol. The number of ether oxygens (including phenoxy) is 1. The number of H-pyrrole nitrogens is 1. The van der Waals surface area contributed by atoms with Gasteiger partial charge >= 0.3 is 0 Å². The Hall–Kier alpha value is -2.64. The number of fused-ring (bicyclic) bond motifs is 1. The minimum absolute atomic E-state index is 0.284. The molecule has 1 aromatic carbocycles. The third kappa shape index (κ3) is 2.89. The third-order valence-corrected chi connectivity index (χ3v) is 6.55. The van der Waals surface area contributed by atoms with Crippen LogP contribution in [-0.2, 0) is 10.0 Å². The zero-order valence-electron chi connectivity index (χ0n) is 14.3. The smallest absolute Gasteiger partial charge is 0.243 e. The van der Waals surface area contributed by atoms with E-state index in [1.807, 2.05) is 24.4 Å². The summed E-state index contributed by atoms with van der Waals surface area (Å²) in [5.74, 6) is 0.637. The first-order valence-electron chi connectivity index (χ1n) is 8.35. The van der Waals surface area contributed by atoms with E-state index in [9.17, 15) is 8.42 Å². The van der Waals surface area contributed by atoms with Gasteiger partial charge in [-0.2, -0.15) is 4.31 Å². The van der Waals surface area contributed by atoms with E-state index in [2.05, 4.69) is 9.97 Å². The minimum atomic E-state index is -3.51. The number of rotatable bonds is 4. The molecule has 7 heteroatoms. The summed E-state index contributed by atoms with van der Waals surface area (Å²) in [7, 11) is -1.95. The fourth-order valence-electron chi connectivity index (χ4n) is 3.23. The highest BCUT2D eigenvalue weighted by atomic mass is 32.2. The zero-order valence-corrected chi connectivity index (χ0v) is 15.2. The SMILES string of the molecule is COc1ccc(S(=O)(=O)N2CC=C(c3c[nH]c4ncccc34)CC2)cc1. The van der Waals surface area contributed by atoms with E-state index in [1.165, 1.54) is 4.31 Å². The number of hydrogen-bond donors (Lipinski definition) is 1. The maximum atomic E-state index is 12.8. The Labute approximate surface area is 152 Å². The van der Waals surface area contributed by atoms with Crippen LogP contribution in [0, 0.1) is 0 Å². The molecule has 0 saturated heterocycles. The molecule has 0 amide bonds. The van der Waals surface area contributed by atoms with E-state index in [0.717, 1.165) is 22.2 Å². The molecule has 134 valence electrons. The Morgan fingerprint density at radius 2 is 2.00 bits per heavy atom. The van der Waals surface area contributed by atoms with Gasteiger partial charge in [0, 0.05) is 36.4 Å². The van der Waals surface area contributed by atoms with Gasteiger partial charge in [-0.1, -0.05) is 6.08 Å². The average molecular weight is 369 g/mol. The number of nitrogens with zero attached hydrogens (tertiary/aromatic N) is 2. The molecule has 2 aromatic heterocycles. The van der Waals surface area contributed by atoms with Gasteiger partial charge in [-0.25, -0.2) is 13.4 Å². The summed E-state index contributed by atoms with van der Waals surface area (Å²) in [5, 5.41) is 1.06. The van der Waals surface area contributed by atoms with Crippen molar-refractivity contribution in [2.24, 2.45) is 0 Å². The van der Waals surface area contributed by atoms with E-state index in [-0.39, 0.29) is 4.90 Å². The highest BCUT2D eigenvalue weighted by Gasteiger charge is 2.27. The van der Waals surface area contributed by atoms with Crippen molar-refractivity contribution < 1.29 is 13.2 Å². The lowest BCUT2D eigenvalue weighted by molar-refractivity contribution is 0.414. The van der Waals surface area contributed by atoms with Gasteiger partial charge in [0.25, 0.3) is 0 Å². The molecule has 0 spiro atoms. The number of pyridine rings is 1. The van der Waals surface area contributed by atoms with Gasteiger partial charge in [0.05, 0.1) is 12.0 Å². The van der Waals surface area contributed by atoms with E-state index >= 15 is 0 Å². The summed E-state index contributed by atoms with van der Waals surface area (Å²) in [6, 6.07) is 10.4. The lowest BCUT2D eigenvalue weighted by Gasteiger charge is -2.25. The van der Waals surface area contributed by atoms with Crippen LogP contribution in [0.5, 0.6) is 5.75 Å². The number of nitrogens with one attached hydrogen (secondary N) is 1. The van der Waals surface area contributed by atoms with Gasteiger partial charge in [-0.05, 0) is 48.4 Å². The lowest BCUT2D eigenvalue weighted by atomic mass is 10.0. The molecule has 0 unspecified atom stereocenters. The highest BCUT2D eigenvalue weighted by Crippen LogP contribution is 2.30. The van der Waals surface area contributed by atoms with Crippen molar-refractivity contribution in [1.82, 2.24) is 14.3 Å². The van der Waals surface area contributed by atoms with Crippen LogP contribution < -0.4 is 4.74 Å². The number of aromatic amines is 1. The quantitative estimate of drug-likeness (QED) is 0.767. The van der Waals surface area contributed by atoms with Crippen LogP contribution in [0.15, 0.2) is 59.8 Å². The molecule has 0 atom stereocenters. The number of hydrogen-bond acceptors (Lipinski definition) is 4. The van der Waals surface area contributed by atoms with Crippen LogP contribution in [0.2, 0.25) is 0 Å². The van der Waals surface area contributed by atoms with Crippen molar-refractivity contribution in [1.29, 1.82) is 0 Å². The summed E-state index contributed by atoms with van der Waals surface area (Å²) in [4.78, 5) is 7.76. The van der Waals surface area contributed by atoms with Gasteiger partial charge in [-0.15, -0.1) is 0 Å². The van der Waals surface area contributed by atoms with E-state index in [0.29, 0.717) is 25.3 Å². The molecular weight excluding hydrogens is 350 g/mol. The molecule has 1 aliphatic rings. The van der Waals surface area contributed by atoms with Crippen molar-refractivity contribution in [3.63, 3.8) is 0 Å². The van der Waals surface area contributed by atoms with E-state index < -0.39 is 10.0 Å². The number of aromatic nitrogens is 2. The van der Waals surface area contributed by atoms with Crippen LogP contribution in [0.4, 0.5) is 0 Å². The lowest BCUT2D eigenvalue weighted by Crippen LogP contribution is -2.34. The Bertz CT molecular complexity index is 1070. The molecule has 1 N–H and O–H groups in total. The van der Waals surface area contributed by atoms with Crippen molar-refractivity contribution in [2.75, 3.05) is 20.2 Å². The number of methoxy groups -OCH3 is 1. The van der Waals surface area contributed by atoms with Crippen molar-refractivity contribution in [3.8, 4) is 5.75 Å². The largest absolute Gasteiger partial charge is 0.497 e. The predicted octanol–water partition coefficient (Wildman–Crippen LogP) is 3.05. The number of sulfonamides is 1. The van der Waals surface area contributed by atoms with Crippen molar-refractivity contribution >= 4 is 26.6 Å². The molecule has 3 heterocycles. The molecule has 1 aliphatic heterocycles. The van der Waals surface area contributed by atoms with Gasteiger partial charge in [0.15, 0.2) is 0 Å². The fourth-order valence-corrected chi connectivity index (χ4v) is 4.61. The van der Waals surface area contributed by atoms with Crippen LogP contribution in [0.3, 0.4) is 0 Å². The molecule has 0 bridgehead atoms. The zero-order chi connectivity index (χ0) is 18.1. The summed E-state index contributed by atoms with van der Waals surface area (Å²) < 4.78 is 32.3. The molecule has 3 aromatic rings. The maximum absolute atomic E-state index is 12.8. The van der Waals surface area contributed by atoms with Gasteiger partial charge in [0.2, 0.25) is 10.0 Å². The Balaban J connectivity index is 1.58. The summed E-state index contributed by atoms with van der Waals surface area (Å²) >= 11 is 0. The predicted molar refractivity (Wildman–Crippen MR) is 100 cm³/mol. The molecule has 0 fully saturated rings. The maximum Gasteiger partial charge on any atom is 0.243 e. The first-order valence-corrected chi connectivity index (χ1v) is 9.79. The topological polar surface area (TPSA) is 75.3 Å². The Morgan fingerprint density at radius 3 is 2.69 bits per heavy atom. The van der Waals surface area contributed by atoms with Crippen molar-refractivity contribution in [2.45, 2.75) is 11.3 Å². The van der Waals surface area contributed by atoms with Crippen LogP contribution in [0.25, 0.3) is 16.6 Å².